The Morgan fingerprint density at radius 3 is 2.43 bits per heavy atom. The van der Waals surface area contributed by atoms with Crippen molar-refractivity contribution in [1.82, 2.24) is 10.2 Å². The van der Waals surface area contributed by atoms with Gasteiger partial charge in [0.25, 0.3) is 0 Å². The van der Waals surface area contributed by atoms with E-state index < -0.39 is 4.92 Å². The van der Waals surface area contributed by atoms with Crippen LogP contribution in [0.3, 0.4) is 0 Å². The van der Waals surface area contributed by atoms with Crippen LogP contribution in [-0.2, 0) is 0 Å². The first-order valence-electron chi connectivity index (χ1n) is 7.19. The summed E-state index contributed by atoms with van der Waals surface area (Å²) in [4.78, 5) is 12.9. The maximum absolute atomic E-state index is 11.1. The summed E-state index contributed by atoms with van der Waals surface area (Å²) in [5.41, 5.74) is 0.459. The molecule has 130 valence electrons. The number of nitro benzene ring substituents is 1. The van der Waals surface area contributed by atoms with Gasteiger partial charge in [0.05, 0.1) is 4.92 Å². The van der Waals surface area contributed by atoms with Crippen molar-refractivity contribution >= 4 is 46.4 Å². The lowest BCUT2D eigenvalue weighted by atomic mass is 9.98. The van der Waals surface area contributed by atoms with Crippen molar-refractivity contribution in [3.63, 3.8) is 0 Å². The molecule has 2 fully saturated rings. The van der Waals surface area contributed by atoms with Gasteiger partial charge in [-0.05, 0) is 24.8 Å². The normalized spacial score (nSPS) is 19.3. The van der Waals surface area contributed by atoms with Gasteiger partial charge in [-0.25, -0.2) is 0 Å². The van der Waals surface area contributed by atoms with Crippen LogP contribution < -0.4 is 5.32 Å². The zero-order valence-electron chi connectivity index (χ0n) is 12.4. The van der Waals surface area contributed by atoms with E-state index in [-0.39, 0.29) is 42.3 Å². The van der Waals surface area contributed by atoms with Crippen LogP contribution in [0.4, 0.5) is 5.69 Å². The number of aromatic hydroxyl groups is 1. The van der Waals surface area contributed by atoms with Crippen LogP contribution in [0.25, 0.3) is 0 Å². The Kier molecular flexibility index (Phi) is 7.54. The standard InChI is InChI=1S/C14H18BrN3O3.2ClH/c15-10-7-11(14(19)12(8-10)18(20)21)13(9-1-2-9)17-5-3-16-4-6-17;;/h7-9,13,16,19H,1-6H2;2*1H/t13-;;/m0../s1. The van der Waals surface area contributed by atoms with Gasteiger partial charge >= 0.3 is 5.69 Å². The lowest BCUT2D eigenvalue weighted by Gasteiger charge is -2.35. The van der Waals surface area contributed by atoms with Gasteiger partial charge in [0.1, 0.15) is 0 Å². The van der Waals surface area contributed by atoms with Crippen molar-refractivity contribution in [2.24, 2.45) is 5.92 Å². The SMILES string of the molecule is Cl.Cl.O=[N+]([O-])c1cc(Br)cc([C@H](C2CC2)N2CCNCC2)c1O. The number of hydrogen-bond acceptors (Lipinski definition) is 5. The molecule has 0 aromatic heterocycles. The summed E-state index contributed by atoms with van der Waals surface area (Å²) in [5, 5.41) is 24.8. The molecule has 2 aliphatic rings. The number of nitrogens with one attached hydrogen (secondary N) is 1. The molecule has 23 heavy (non-hydrogen) atoms. The number of piperazine rings is 1. The summed E-state index contributed by atoms with van der Waals surface area (Å²) < 4.78 is 0.641. The molecule has 1 aromatic rings. The molecule has 1 saturated heterocycles. The van der Waals surface area contributed by atoms with Crippen molar-refractivity contribution in [3.8, 4) is 5.75 Å². The minimum absolute atomic E-state index is 0. The number of rotatable bonds is 4. The summed E-state index contributed by atoms with van der Waals surface area (Å²) >= 11 is 3.33. The van der Waals surface area contributed by atoms with Gasteiger partial charge in [-0.15, -0.1) is 24.8 Å². The van der Waals surface area contributed by atoms with E-state index in [0.29, 0.717) is 16.0 Å². The molecule has 0 bridgehead atoms. The van der Waals surface area contributed by atoms with Crippen molar-refractivity contribution < 1.29 is 10.0 Å². The molecule has 0 spiro atoms. The third kappa shape index (κ3) is 4.48. The average Bonchev–Trinajstić information content (AvgIpc) is 3.28. The fourth-order valence-corrected chi connectivity index (χ4v) is 3.55. The second-order valence-electron chi connectivity index (χ2n) is 5.69. The molecule has 0 amide bonds. The summed E-state index contributed by atoms with van der Waals surface area (Å²) in [6.45, 7) is 3.64. The van der Waals surface area contributed by atoms with Crippen LogP contribution in [0.1, 0.15) is 24.4 Å². The lowest BCUT2D eigenvalue weighted by molar-refractivity contribution is -0.386. The second kappa shape index (κ2) is 8.48. The predicted octanol–water partition coefficient (Wildman–Crippen LogP) is 3.26. The molecule has 1 atom stereocenters. The van der Waals surface area contributed by atoms with Gasteiger partial charge in [0.15, 0.2) is 5.75 Å². The topological polar surface area (TPSA) is 78.6 Å². The maximum Gasteiger partial charge on any atom is 0.312 e. The Hall–Kier alpha value is -0.600. The third-order valence-electron chi connectivity index (χ3n) is 4.21. The molecule has 2 N–H and O–H groups in total. The highest BCUT2D eigenvalue weighted by Gasteiger charge is 2.39. The van der Waals surface area contributed by atoms with E-state index in [0.717, 1.165) is 39.0 Å². The minimum Gasteiger partial charge on any atom is -0.502 e. The summed E-state index contributed by atoms with van der Waals surface area (Å²) in [6.07, 6.45) is 2.24. The fraction of sp³-hybridized carbons (Fsp3) is 0.571. The molecule has 1 aliphatic heterocycles. The Balaban J connectivity index is 0.00000132. The zero-order chi connectivity index (χ0) is 15.0. The number of phenols is 1. The predicted molar refractivity (Wildman–Crippen MR) is 96.9 cm³/mol. The van der Waals surface area contributed by atoms with E-state index in [1.807, 2.05) is 6.07 Å². The Labute approximate surface area is 155 Å². The molecule has 1 saturated carbocycles. The lowest BCUT2D eigenvalue weighted by Crippen LogP contribution is -2.45. The number of nitro groups is 1. The van der Waals surface area contributed by atoms with Gasteiger partial charge in [-0.3, -0.25) is 15.0 Å². The first-order chi connectivity index (χ1) is 10.1. The molecule has 1 aliphatic carbocycles. The first kappa shape index (κ1) is 20.4. The molecule has 0 unspecified atom stereocenters. The number of benzene rings is 1. The van der Waals surface area contributed by atoms with Crippen molar-refractivity contribution in [2.45, 2.75) is 18.9 Å². The molecule has 1 heterocycles. The Morgan fingerprint density at radius 1 is 1.30 bits per heavy atom. The zero-order valence-corrected chi connectivity index (χ0v) is 15.6. The highest BCUT2D eigenvalue weighted by atomic mass is 79.9. The number of halogens is 3. The summed E-state index contributed by atoms with van der Waals surface area (Å²) in [6, 6.07) is 3.26. The number of hydrogen-bond donors (Lipinski definition) is 2. The molecule has 1 aromatic carbocycles. The number of nitrogens with zero attached hydrogens (tertiary/aromatic N) is 2. The molecule has 6 nitrogen and oxygen atoms in total. The van der Waals surface area contributed by atoms with Crippen LogP contribution in [0.2, 0.25) is 0 Å². The molecular weight excluding hydrogens is 409 g/mol. The highest BCUT2D eigenvalue weighted by Crippen LogP contribution is 2.49. The van der Waals surface area contributed by atoms with Crippen molar-refractivity contribution in [3.05, 3.63) is 32.3 Å². The highest BCUT2D eigenvalue weighted by molar-refractivity contribution is 9.10. The Morgan fingerprint density at radius 2 is 1.91 bits per heavy atom. The molecule has 0 radical (unpaired) electrons. The van der Waals surface area contributed by atoms with E-state index in [1.165, 1.54) is 6.07 Å². The van der Waals surface area contributed by atoms with Gasteiger partial charge < -0.3 is 10.4 Å². The van der Waals surface area contributed by atoms with Crippen LogP contribution >= 0.6 is 40.7 Å². The number of phenolic OH excluding ortho intramolecular Hbond substituents is 1. The summed E-state index contributed by atoms with van der Waals surface area (Å²) in [5.74, 6) is 0.307. The van der Waals surface area contributed by atoms with Crippen molar-refractivity contribution in [2.75, 3.05) is 26.2 Å². The van der Waals surface area contributed by atoms with E-state index in [4.69, 9.17) is 0 Å². The first-order valence-corrected chi connectivity index (χ1v) is 7.99. The summed E-state index contributed by atoms with van der Waals surface area (Å²) in [7, 11) is 0. The van der Waals surface area contributed by atoms with Gasteiger partial charge in [-0.1, -0.05) is 15.9 Å². The quantitative estimate of drug-likeness (QED) is 0.568. The fourth-order valence-electron chi connectivity index (χ4n) is 3.09. The van der Waals surface area contributed by atoms with Gasteiger partial charge in [-0.2, -0.15) is 0 Å². The van der Waals surface area contributed by atoms with Crippen LogP contribution in [0, 0.1) is 16.0 Å². The average molecular weight is 429 g/mol. The van der Waals surface area contributed by atoms with Gasteiger partial charge in [0, 0.05) is 48.3 Å². The largest absolute Gasteiger partial charge is 0.502 e. The molecule has 3 rings (SSSR count). The third-order valence-corrected chi connectivity index (χ3v) is 4.67. The minimum atomic E-state index is -0.523. The molecule has 9 heteroatoms. The van der Waals surface area contributed by atoms with Crippen LogP contribution in [0.15, 0.2) is 16.6 Å². The maximum atomic E-state index is 11.1. The van der Waals surface area contributed by atoms with Crippen LogP contribution in [-0.4, -0.2) is 41.1 Å². The molecular formula is C14H20BrCl2N3O3. The van der Waals surface area contributed by atoms with E-state index in [1.54, 1.807) is 0 Å². The second-order valence-corrected chi connectivity index (χ2v) is 6.60. The van der Waals surface area contributed by atoms with Crippen molar-refractivity contribution in [1.29, 1.82) is 0 Å². The van der Waals surface area contributed by atoms with E-state index >= 15 is 0 Å². The van der Waals surface area contributed by atoms with E-state index in [9.17, 15) is 15.2 Å². The monoisotopic (exact) mass is 427 g/mol. The van der Waals surface area contributed by atoms with Gasteiger partial charge in [0.2, 0.25) is 0 Å². The van der Waals surface area contributed by atoms with Crippen LogP contribution in [0.5, 0.6) is 5.75 Å². The van der Waals surface area contributed by atoms with E-state index in [2.05, 4.69) is 26.1 Å². The smallest absolute Gasteiger partial charge is 0.312 e. The Bertz CT molecular complexity index is 566.